The number of rotatable bonds is 8. The quantitative estimate of drug-likeness (QED) is 0.670. The topological polar surface area (TPSA) is 83.9 Å². The van der Waals surface area contributed by atoms with Gasteiger partial charge in [0.05, 0.1) is 6.42 Å². The molecule has 1 aromatic rings. The molecule has 1 fully saturated rings. The molecule has 2 unspecified atom stereocenters. The largest absolute Gasteiger partial charge is 0.480 e. The summed E-state index contributed by atoms with van der Waals surface area (Å²) in [4.78, 5) is 39.3. The lowest BCUT2D eigenvalue weighted by Crippen LogP contribution is -2.50. The van der Waals surface area contributed by atoms with Crippen molar-refractivity contribution in [2.24, 2.45) is 11.3 Å². The first-order valence-corrected chi connectivity index (χ1v) is 10.2. The van der Waals surface area contributed by atoms with Gasteiger partial charge in [0.15, 0.2) is 5.60 Å². The molecule has 0 bridgehead atoms. The van der Waals surface area contributed by atoms with Crippen LogP contribution in [0.2, 0.25) is 0 Å². The minimum Gasteiger partial charge on any atom is -0.480 e. The second-order valence-corrected chi connectivity index (χ2v) is 9.60. The zero-order valence-electron chi connectivity index (χ0n) is 18.1. The highest BCUT2D eigenvalue weighted by Crippen LogP contribution is 2.36. The highest BCUT2D eigenvalue weighted by Gasteiger charge is 2.53. The number of ether oxygens (including phenoxy) is 1. The number of hydrogen-bond donors (Lipinski definition) is 1. The zero-order chi connectivity index (χ0) is 21.8. The van der Waals surface area contributed by atoms with Crippen LogP contribution in [-0.2, 0) is 25.5 Å². The van der Waals surface area contributed by atoms with Crippen molar-refractivity contribution in [2.45, 2.75) is 71.9 Å². The molecule has 6 nitrogen and oxygen atoms in total. The lowest BCUT2D eigenvalue weighted by atomic mass is 9.89. The standard InChI is InChI=1S/C23H33NO5/c1-16(2)14-23(29-19(25)15-22(3,4)5)11-12-24(21(23)28)18(20(26)27)13-17-9-7-6-8-10-17/h6-10,16,18H,11-15H2,1-5H3,(H,26,27). The van der Waals surface area contributed by atoms with Crippen molar-refractivity contribution < 1.29 is 24.2 Å². The molecule has 1 amide bonds. The number of esters is 1. The van der Waals surface area contributed by atoms with Crippen molar-refractivity contribution in [3.63, 3.8) is 0 Å². The molecule has 1 aliphatic heterocycles. The van der Waals surface area contributed by atoms with E-state index < -0.39 is 29.5 Å². The summed E-state index contributed by atoms with van der Waals surface area (Å²) >= 11 is 0. The van der Waals surface area contributed by atoms with E-state index in [4.69, 9.17) is 4.74 Å². The molecule has 0 aromatic heterocycles. The lowest BCUT2D eigenvalue weighted by molar-refractivity contribution is -0.173. The molecule has 1 aromatic carbocycles. The normalized spacial score (nSPS) is 20.8. The monoisotopic (exact) mass is 403 g/mol. The molecule has 2 atom stereocenters. The SMILES string of the molecule is CC(C)CC1(OC(=O)CC(C)(C)C)CCN(C(Cc2ccccc2)C(=O)O)C1=O. The summed E-state index contributed by atoms with van der Waals surface area (Å²) in [6.07, 6.45) is 1.12. The molecule has 1 N–H and O–H groups in total. The van der Waals surface area contributed by atoms with Gasteiger partial charge in [0.2, 0.25) is 0 Å². The number of carbonyl (C=O) groups is 3. The van der Waals surface area contributed by atoms with Crippen molar-refractivity contribution >= 4 is 17.8 Å². The van der Waals surface area contributed by atoms with Gasteiger partial charge in [0, 0.05) is 19.4 Å². The van der Waals surface area contributed by atoms with E-state index in [2.05, 4.69) is 0 Å². The van der Waals surface area contributed by atoms with E-state index in [1.165, 1.54) is 4.90 Å². The second-order valence-electron chi connectivity index (χ2n) is 9.60. The maximum atomic E-state index is 13.4. The zero-order valence-corrected chi connectivity index (χ0v) is 18.1. The van der Waals surface area contributed by atoms with Crippen LogP contribution >= 0.6 is 0 Å². The number of benzene rings is 1. The Morgan fingerprint density at radius 1 is 1.21 bits per heavy atom. The number of hydrogen-bond acceptors (Lipinski definition) is 4. The summed E-state index contributed by atoms with van der Waals surface area (Å²) in [5, 5.41) is 9.80. The van der Waals surface area contributed by atoms with E-state index in [1.807, 2.05) is 65.0 Å². The van der Waals surface area contributed by atoms with Crippen LogP contribution in [0, 0.1) is 11.3 Å². The Bertz CT molecular complexity index is 737. The summed E-state index contributed by atoms with van der Waals surface area (Å²) in [5.41, 5.74) is -0.686. The average molecular weight is 404 g/mol. The third kappa shape index (κ3) is 6.05. The van der Waals surface area contributed by atoms with Crippen LogP contribution in [0.25, 0.3) is 0 Å². The number of carboxylic acids is 1. The summed E-state index contributed by atoms with van der Waals surface area (Å²) in [6.45, 7) is 10.0. The average Bonchev–Trinajstić information content (AvgIpc) is 2.87. The van der Waals surface area contributed by atoms with Crippen molar-refractivity contribution in [3.05, 3.63) is 35.9 Å². The van der Waals surface area contributed by atoms with E-state index in [1.54, 1.807) is 0 Å². The Kier molecular flexibility index (Phi) is 7.09. The van der Waals surface area contributed by atoms with Gasteiger partial charge < -0.3 is 14.7 Å². The van der Waals surface area contributed by atoms with Gasteiger partial charge in [-0.2, -0.15) is 0 Å². The fourth-order valence-corrected chi connectivity index (χ4v) is 3.91. The first kappa shape index (κ1) is 22.9. The van der Waals surface area contributed by atoms with Gasteiger partial charge in [0.25, 0.3) is 5.91 Å². The molecule has 0 spiro atoms. The first-order chi connectivity index (χ1) is 13.4. The van der Waals surface area contributed by atoms with Crippen LogP contribution in [0.3, 0.4) is 0 Å². The molecule has 160 valence electrons. The van der Waals surface area contributed by atoms with Gasteiger partial charge in [-0.3, -0.25) is 9.59 Å². The minimum absolute atomic E-state index is 0.124. The van der Waals surface area contributed by atoms with Crippen molar-refractivity contribution in [1.82, 2.24) is 4.90 Å². The maximum absolute atomic E-state index is 13.4. The number of aliphatic carboxylic acids is 1. The summed E-state index contributed by atoms with van der Waals surface area (Å²) in [7, 11) is 0. The number of nitrogens with zero attached hydrogens (tertiary/aromatic N) is 1. The predicted molar refractivity (Wildman–Crippen MR) is 110 cm³/mol. The van der Waals surface area contributed by atoms with E-state index in [-0.39, 0.29) is 30.7 Å². The van der Waals surface area contributed by atoms with Crippen molar-refractivity contribution in [2.75, 3.05) is 6.54 Å². The third-order valence-corrected chi connectivity index (χ3v) is 5.06. The molecular formula is C23H33NO5. The molecule has 1 heterocycles. The fourth-order valence-electron chi connectivity index (χ4n) is 3.91. The fraction of sp³-hybridized carbons (Fsp3) is 0.609. The van der Waals surface area contributed by atoms with Gasteiger partial charge in [-0.05, 0) is 23.3 Å². The van der Waals surface area contributed by atoms with E-state index in [9.17, 15) is 19.5 Å². The number of carboxylic acid groups (broad SMARTS) is 1. The maximum Gasteiger partial charge on any atom is 0.326 e. The molecular weight excluding hydrogens is 370 g/mol. The summed E-state index contributed by atoms with van der Waals surface area (Å²) < 4.78 is 5.79. The Hall–Kier alpha value is -2.37. The van der Waals surface area contributed by atoms with Crippen LogP contribution < -0.4 is 0 Å². The van der Waals surface area contributed by atoms with Gasteiger partial charge in [0.1, 0.15) is 6.04 Å². The Labute approximate surface area is 173 Å². The highest BCUT2D eigenvalue weighted by atomic mass is 16.6. The molecule has 0 aliphatic carbocycles. The highest BCUT2D eigenvalue weighted by molar-refractivity contribution is 5.93. The Morgan fingerprint density at radius 2 is 1.83 bits per heavy atom. The van der Waals surface area contributed by atoms with Crippen LogP contribution in [0.5, 0.6) is 0 Å². The molecule has 6 heteroatoms. The van der Waals surface area contributed by atoms with Gasteiger partial charge >= 0.3 is 11.9 Å². The molecule has 29 heavy (non-hydrogen) atoms. The van der Waals surface area contributed by atoms with Gasteiger partial charge in [-0.25, -0.2) is 4.79 Å². The molecule has 0 saturated carbocycles. The number of carbonyl (C=O) groups excluding carboxylic acids is 2. The van der Waals surface area contributed by atoms with Crippen LogP contribution in [0.15, 0.2) is 30.3 Å². The van der Waals surface area contributed by atoms with E-state index in [0.717, 1.165) is 5.56 Å². The minimum atomic E-state index is -1.28. The lowest BCUT2D eigenvalue weighted by Gasteiger charge is -2.32. The van der Waals surface area contributed by atoms with E-state index in [0.29, 0.717) is 12.8 Å². The summed E-state index contributed by atoms with van der Waals surface area (Å²) in [5.74, 6) is -1.73. The van der Waals surface area contributed by atoms with E-state index >= 15 is 0 Å². The van der Waals surface area contributed by atoms with Gasteiger partial charge in [-0.15, -0.1) is 0 Å². The molecule has 2 rings (SSSR count). The van der Waals surface area contributed by atoms with Gasteiger partial charge in [-0.1, -0.05) is 65.0 Å². The predicted octanol–water partition coefficient (Wildman–Crippen LogP) is 3.68. The second kappa shape index (κ2) is 8.97. The van der Waals surface area contributed by atoms with Crippen molar-refractivity contribution in [3.8, 4) is 0 Å². The van der Waals surface area contributed by atoms with Crippen LogP contribution in [0.4, 0.5) is 0 Å². The smallest absolute Gasteiger partial charge is 0.326 e. The molecule has 1 aliphatic rings. The molecule has 1 saturated heterocycles. The van der Waals surface area contributed by atoms with Crippen LogP contribution in [0.1, 0.15) is 59.4 Å². The number of amides is 1. The Balaban J connectivity index is 2.26. The van der Waals surface area contributed by atoms with Crippen molar-refractivity contribution in [1.29, 1.82) is 0 Å². The number of likely N-dealkylation sites (tertiary alicyclic amines) is 1. The summed E-state index contributed by atoms with van der Waals surface area (Å²) in [6, 6.07) is 8.26. The third-order valence-electron chi connectivity index (χ3n) is 5.06. The first-order valence-electron chi connectivity index (χ1n) is 10.2. The van der Waals surface area contributed by atoms with Crippen LogP contribution in [-0.4, -0.2) is 46.0 Å². The molecule has 0 radical (unpaired) electrons. The Morgan fingerprint density at radius 3 is 2.34 bits per heavy atom.